The second-order valence-corrected chi connectivity index (χ2v) is 5.91. The number of ether oxygens (including phenoxy) is 1. The van der Waals surface area contributed by atoms with Gasteiger partial charge in [0.25, 0.3) is 0 Å². The monoisotopic (exact) mass is 318 g/mol. The summed E-state index contributed by atoms with van der Waals surface area (Å²) < 4.78 is 5.81. The molecule has 2 N–H and O–H groups in total. The number of hydrogen-bond donors (Lipinski definition) is 2. The predicted octanol–water partition coefficient (Wildman–Crippen LogP) is 4.17. The largest absolute Gasteiger partial charge is 0.493 e. The van der Waals surface area contributed by atoms with E-state index < -0.39 is 0 Å². The number of aliphatic hydroxyl groups is 2. The Kier molecular flexibility index (Phi) is 10.2. The van der Waals surface area contributed by atoms with Gasteiger partial charge in [-0.05, 0) is 18.6 Å². The topological polar surface area (TPSA) is 49.7 Å². The van der Waals surface area contributed by atoms with Crippen LogP contribution in [0.4, 0.5) is 0 Å². The molecule has 1 aromatic carbocycles. The van der Waals surface area contributed by atoms with E-state index in [1.54, 1.807) is 12.1 Å². The van der Waals surface area contributed by atoms with Gasteiger partial charge in [0.15, 0.2) is 0 Å². The normalized spacial score (nSPS) is 10.5. The van der Waals surface area contributed by atoms with Crippen LogP contribution < -0.4 is 4.74 Å². The Morgan fingerprint density at radius 1 is 0.913 bits per heavy atom. The third-order valence-corrected chi connectivity index (χ3v) is 3.99. The molecule has 0 fully saturated rings. The molecule has 3 nitrogen and oxygen atoms in total. The average molecular weight is 318 g/mol. The van der Waals surface area contributed by atoms with Crippen LogP contribution in [0.2, 0.25) is 0 Å². The number of aliphatic hydroxyl groups excluding tert-OH is 2. The first-order chi connectivity index (χ1) is 11.3. The van der Waals surface area contributed by atoms with E-state index in [9.17, 15) is 10.2 Å². The Balaban J connectivity index is 2.38. The average Bonchev–Trinajstić information content (AvgIpc) is 2.59. The van der Waals surface area contributed by atoms with E-state index in [1.165, 1.54) is 38.5 Å². The van der Waals surface area contributed by atoms with Crippen LogP contribution in [0, 0.1) is 12.3 Å². The Labute approximate surface area is 140 Å². The van der Waals surface area contributed by atoms with Crippen LogP contribution in [0.3, 0.4) is 0 Å². The van der Waals surface area contributed by atoms with Gasteiger partial charge in [-0.3, -0.25) is 0 Å². The quantitative estimate of drug-likeness (QED) is 0.449. The highest BCUT2D eigenvalue weighted by Crippen LogP contribution is 2.27. The summed E-state index contributed by atoms with van der Waals surface area (Å²) in [6.07, 6.45) is 15.3. The van der Waals surface area contributed by atoms with Gasteiger partial charge in [-0.15, -0.1) is 6.42 Å². The molecule has 23 heavy (non-hydrogen) atoms. The molecule has 0 saturated carbocycles. The zero-order valence-corrected chi connectivity index (χ0v) is 14.3. The minimum atomic E-state index is -0.144. The molecule has 0 heterocycles. The second-order valence-electron chi connectivity index (χ2n) is 5.91. The van der Waals surface area contributed by atoms with Gasteiger partial charge in [0.2, 0.25) is 0 Å². The van der Waals surface area contributed by atoms with E-state index in [2.05, 4.69) is 12.8 Å². The van der Waals surface area contributed by atoms with Crippen LogP contribution >= 0.6 is 0 Å². The molecule has 0 atom stereocenters. The summed E-state index contributed by atoms with van der Waals surface area (Å²) >= 11 is 0. The van der Waals surface area contributed by atoms with Crippen molar-refractivity contribution in [2.24, 2.45) is 0 Å². The molecule has 0 spiro atoms. The molecule has 1 rings (SSSR count). The lowest BCUT2D eigenvalue weighted by molar-refractivity contribution is 0.243. The van der Waals surface area contributed by atoms with Crippen LogP contribution in [0.5, 0.6) is 5.75 Å². The van der Waals surface area contributed by atoms with Crippen LogP contribution in [-0.2, 0) is 13.2 Å². The van der Waals surface area contributed by atoms with E-state index >= 15 is 0 Å². The molecule has 0 radical (unpaired) electrons. The zero-order chi connectivity index (χ0) is 16.9. The van der Waals surface area contributed by atoms with Gasteiger partial charge in [-0.1, -0.05) is 57.8 Å². The smallest absolute Gasteiger partial charge is 0.130 e. The van der Waals surface area contributed by atoms with Gasteiger partial charge >= 0.3 is 0 Å². The van der Waals surface area contributed by atoms with Gasteiger partial charge in [0, 0.05) is 16.7 Å². The van der Waals surface area contributed by atoms with Crippen molar-refractivity contribution in [1.82, 2.24) is 0 Å². The minimum absolute atomic E-state index is 0.144. The third-order valence-electron chi connectivity index (χ3n) is 3.99. The molecule has 0 aliphatic heterocycles. The lowest BCUT2D eigenvalue weighted by Crippen LogP contribution is -2.05. The Morgan fingerprint density at radius 2 is 1.43 bits per heavy atom. The third kappa shape index (κ3) is 7.07. The fourth-order valence-corrected chi connectivity index (χ4v) is 2.67. The molecule has 128 valence electrons. The highest BCUT2D eigenvalue weighted by Gasteiger charge is 2.11. The van der Waals surface area contributed by atoms with Crippen molar-refractivity contribution in [1.29, 1.82) is 0 Å². The molecule has 0 aliphatic carbocycles. The fraction of sp³-hybridized carbons (Fsp3) is 0.600. The Hall–Kier alpha value is -1.50. The first kappa shape index (κ1) is 19.5. The highest BCUT2D eigenvalue weighted by molar-refractivity contribution is 5.48. The summed E-state index contributed by atoms with van der Waals surface area (Å²) in [4.78, 5) is 0. The molecule has 0 aromatic heterocycles. The van der Waals surface area contributed by atoms with E-state index in [4.69, 9.17) is 11.2 Å². The number of benzene rings is 1. The number of terminal acetylenes is 1. The lowest BCUT2D eigenvalue weighted by Gasteiger charge is -2.15. The SMILES string of the molecule is C#Cc1cc(CO)c(OCCCCCCCCCC)c(CO)c1. The Morgan fingerprint density at radius 3 is 1.91 bits per heavy atom. The van der Waals surface area contributed by atoms with Crippen molar-refractivity contribution in [3.05, 3.63) is 28.8 Å². The van der Waals surface area contributed by atoms with Gasteiger partial charge in [-0.25, -0.2) is 0 Å². The molecule has 0 bridgehead atoms. The summed E-state index contributed by atoms with van der Waals surface area (Å²) in [6, 6.07) is 3.48. The summed E-state index contributed by atoms with van der Waals surface area (Å²) in [6.45, 7) is 2.55. The van der Waals surface area contributed by atoms with Crippen molar-refractivity contribution in [3.63, 3.8) is 0 Å². The van der Waals surface area contributed by atoms with Crippen LogP contribution in [-0.4, -0.2) is 16.8 Å². The minimum Gasteiger partial charge on any atom is -0.493 e. The molecular formula is C20H30O3. The van der Waals surface area contributed by atoms with Gasteiger partial charge < -0.3 is 14.9 Å². The molecule has 3 heteroatoms. The molecule has 1 aromatic rings. The predicted molar refractivity (Wildman–Crippen MR) is 94.3 cm³/mol. The van der Waals surface area contributed by atoms with Crippen molar-refractivity contribution >= 4 is 0 Å². The lowest BCUT2D eigenvalue weighted by atomic mass is 10.0. The van der Waals surface area contributed by atoms with Crippen LogP contribution in [0.15, 0.2) is 12.1 Å². The number of hydrogen-bond acceptors (Lipinski definition) is 3. The summed E-state index contributed by atoms with van der Waals surface area (Å²) in [5, 5.41) is 18.9. The van der Waals surface area contributed by atoms with Gasteiger partial charge in [0.05, 0.1) is 19.8 Å². The summed E-state index contributed by atoms with van der Waals surface area (Å²) in [5.74, 6) is 3.11. The van der Waals surface area contributed by atoms with Crippen molar-refractivity contribution < 1.29 is 14.9 Å². The van der Waals surface area contributed by atoms with Gasteiger partial charge in [0.1, 0.15) is 5.75 Å². The van der Waals surface area contributed by atoms with Crippen molar-refractivity contribution in [2.75, 3.05) is 6.61 Å². The first-order valence-electron chi connectivity index (χ1n) is 8.73. The molecular weight excluding hydrogens is 288 g/mol. The highest BCUT2D eigenvalue weighted by atomic mass is 16.5. The standard InChI is InChI=1S/C20H30O3/c1-3-5-6-7-8-9-10-11-12-23-20-18(15-21)13-17(4-2)14-19(20)16-22/h2,13-14,21-22H,3,5-12,15-16H2,1H3. The maximum absolute atomic E-state index is 9.47. The molecule has 0 aliphatic rings. The van der Waals surface area contributed by atoms with E-state index in [0.717, 1.165) is 12.8 Å². The number of unbranched alkanes of at least 4 members (excludes halogenated alkanes) is 7. The maximum atomic E-state index is 9.47. The maximum Gasteiger partial charge on any atom is 0.130 e. The van der Waals surface area contributed by atoms with Crippen LogP contribution in [0.1, 0.15) is 75.0 Å². The van der Waals surface area contributed by atoms with E-state index in [1.807, 2.05) is 0 Å². The second kappa shape index (κ2) is 12.0. The summed E-state index contributed by atoms with van der Waals surface area (Å²) in [5.41, 5.74) is 1.94. The van der Waals surface area contributed by atoms with Gasteiger partial charge in [-0.2, -0.15) is 0 Å². The molecule has 0 amide bonds. The van der Waals surface area contributed by atoms with Crippen molar-refractivity contribution in [2.45, 2.75) is 71.5 Å². The molecule has 0 unspecified atom stereocenters. The summed E-state index contributed by atoms with van der Waals surface area (Å²) in [7, 11) is 0. The van der Waals surface area contributed by atoms with E-state index in [0.29, 0.717) is 29.0 Å². The van der Waals surface area contributed by atoms with Crippen LogP contribution in [0.25, 0.3) is 0 Å². The number of rotatable bonds is 12. The Bertz CT molecular complexity index is 463. The zero-order valence-electron chi connectivity index (χ0n) is 14.3. The fourth-order valence-electron chi connectivity index (χ4n) is 2.67. The molecule has 0 saturated heterocycles. The van der Waals surface area contributed by atoms with E-state index in [-0.39, 0.29) is 13.2 Å². The van der Waals surface area contributed by atoms with Crippen molar-refractivity contribution in [3.8, 4) is 18.1 Å². The first-order valence-corrected chi connectivity index (χ1v) is 8.73.